The molecule has 0 atom stereocenters. The Labute approximate surface area is 496 Å². The van der Waals surface area contributed by atoms with Crippen LogP contribution in [0, 0.1) is 25.7 Å². The monoisotopic (exact) mass is 1200 g/mol. The van der Waals surface area contributed by atoms with E-state index in [1.165, 1.54) is 11.3 Å². The summed E-state index contributed by atoms with van der Waals surface area (Å²) >= 11 is 4.98. The van der Waals surface area contributed by atoms with Gasteiger partial charge in [-0.05, 0) is 202 Å². The molecule has 6 aromatic rings. The highest BCUT2D eigenvalue weighted by Gasteiger charge is 2.29. The van der Waals surface area contributed by atoms with Gasteiger partial charge >= 0.3 is 17.9 Å². The highest BCUT2D eigenvalue weighted by atomic mass is 79.9. The number of fused-ring (bicyclic) bond motifs is 2. The molecular formula is C65H81BrN6O9S. The van der Waals surface area contributed by atoms with Gasteiger partial charge in [0.1, 0.15) is 22.9 Å². The third-order valence-corrected chi connectivity index (χ3v) is 17.1. The molecule has 2 saturated heterocycles. The fourth-order valence-electron chi connectivity index (χ4n) is 10.9. The molecule has 82 heavy (non-hydrogen) atoms. The van der Waals surface area contributed by atoms with Crippen molar-refractivity contribution in [3.05, 3.63) is 129 Å². The number of carbonyl (C=O) groups excluding carboxylic acids is 4. The number of amides is 1. The van der Waals surface area contributed by atoms with E-state index in [2.05, 4.69) is 53.9 Å². The molecule has 438 valence electrons. The van der Waals surface area contributed by atoms with E-state index < -0.39 is 11.6 Å². The first-order valence-corrected chi connectivity index (χ1v) is 30.8. The van der Waals surface area contributed by atoms with E-state index in [-0.39, 0.29) is 23.5 Å². The number of thiazole rings is 1. The van der Waals surface area contributed by atoms with E-state index >= 15 is 0 Å². The van der Waals surface area contributed by atoms with Crippen LogP contribution in [0.5, 0.6) is 11.5 Å². The second-order valence-electron chi connectivity index (χ2n) is 22.4. The fourth-order valence-corrected chi connectivity index (χ4v) is 12.1. The Balaban J connectivity index is 0.000000306. The van der Waals surface area contributed by atoms with Gasteiger partial charge in [0, 0.05) is 60.2 Å². The molecule has 0 bridgehead atoms. The van der Waals surface area contributed by atoms with Crippen molar-refractivity contribution in [1.29, 1.82) is 0 Å². The standard InChI is InChI=1S/C46H53N5O6S.C19H28BrNO3/c1-6-55-41(52)28-31-20-24-50(25-21-31)23-11-27-56-38-16-10-13-33(30(38)2)34-18-19-40(48-42(34)44(54)57-46(3,4)5)51-26-22-32-12-9-14-35(36(32)29-51)43(53)49-45-47-37-15-7-8-17-39(37)58-45;1-3-23-19(22)14-16-8-11-21(12-9-16)10-5-13-24-18-7-4-6-17(20)15(18)2/h7-10,12-19,31H,6,11,20-29H2,1-5H3,(H,47,49,53);4,6-7,16H,3,5,8-14H2,1-2H3. The molecule has 15 nitrogen and oxygen atoms in total. The minimum Gasteiger partial charge on any atom is -0.493 e. The lowest BCUT2D eigenvalue weighted by Crippen LogP contribution is -2.35. The van der Waals surface area contributed by atoms with Gasteiger partial charge in [0.2, 0.25) is 0 Å². The molecule has 0 aliphatic carbocycles. The van der Waals surface area contributed by atoms with Crippen LogP contribution >= 0.6 is 27.3 Å². The summed E-state index contributed by atoms with van der Waals surface area (Å²) < 4.78 is 30.4. The lowest BCUT2D eigenvalue weighted by molar-refractivity contribution is -0.145. The van der Waals surface area contributed by atoms with Crippen molar-refractivity contribution < 1.29 is 42.9 Å². The summed E-state index contributed by atoms with van der Waals surface area (Å²) in [6, 6.07) is 29.5. The van der Waals surface area contributed by atoms with Crippen molar-refractivity contribution in [3.8, 4) is 22.6 Å². The zero-order valence-corrected chi connectivity index (χ0v) is 51.3. The molecule has 1 amide bonds. The molecule has 0 saturated carbocycles. The molecule has 0 radical (unpaired) electrons. The molecule has 5 heterocycles. The number of nitrogens with zero attached hydrogens (tertiary/aromatic N) is 5. The fraction of sp³-hybridized carbons (Fsp3) is 0.477. The van der Waals surface area contributed by atoms with Crippen LogP contribution < -0.4 is 19.7 Å². The normalized spacial score (nSPS) is 15.2. The first-order chi connectivity index (χ1) is 39.5. The van der Waals surface area contributed by atoms with Gasteiger partial charge < -0.3 is 38.4 Å². The molecule has 2 fully saturated rings. The van der Waals surface area contributed by atoms with Gasteiger partial charge in [-0.25, -0.2) is 14.8 Å². The third kappa shape index (κ3) is 17.3. The maximum atomic E-state index is 13.9. The molecule has 0 unspecified atom stereocenters. The molecule has 2 aromatic heterocycles. The summed E-state index contributed by atoms with van der Waals surface area (Å²) in [5.41, 5.74) is 6.56. The van der Waals surface area contributed by atoms with Gasteiger partial charge in [0.25, 0.3) is 5.91 Å². The van der Waals surface area contributed by atoms with E-state index in [4.69, 9.17) is 28.7 Å². The number of halogens is 1. The number of likely N-dealkylation sites (tertiary alicyclic amines) is 2. The van der Waals surface area contributed by atoms with E-state index in [0.717, 1.165) is 145 Å². The number of carbonyl (C=O) groups is 4. The molecule has 1 N–H and O–H groups in total. The van der Waals surface area contributed by atoms with Crippen LogP contribution in [-0.2, 0) is 36.8 Å². The number of nitrogens with one attached hydrogen (secondary N) is 1. The largest absolute Gasteiger partial charge is 0.493 e. The van der Waals surface area contributed by atoms with E-state index in [0.29, 0.717) is 79.7 Å². The van der Waals surface area contributed by atoms with E-state index in [1.54, 1.807) is 0 Å². The molecule has 4 aromatic carbocycles. The number of ether oxygens (including phenoxy) is 5. The highest BCUT2D eigenvalue weighted by molar-refractivity contribution is 9.10. The minimum absolute atomic E-state index is 0.0475. The first kappa shape index (κ1) is 61.7. The van der Waals surface area contributed by atoms with Crippen LogP contribution in [0.25, 0.3) is 21.3 Å². The summed E-state index contributed by atoms with van der Waals surface area (Å²) in [5.74, 6) is 2.37. The summed E-state index contributed by atoms with van der Waals surface area (Å²) in [6.45, 7) is 22.7. The predicted octanol–water partition coefficient (Wildman–Crippen LogP) is 13.1. The highest BCUT2D eigenvalue weighted by Crippen LogP contribution is 2.36. The van der Waals surface area contributed by atoms with Gasteiger partial charge in [-0.2, -0.15) is 0 Å². The quantitative estimate of drug-likeness (QED) is 0.0411. The number of hydrogen-bond acceptors (Lipinski definition) is 15. The van der Waals surface area contributed by atoms with Crippen molar-refractivity contribution in [2.45, 2.75) is 118 Å². The van der Waals surface area contributed by atoms with Gasteiger partial charge in [0.15, 0.2) is 10.8 Å². The second kappa shape index (κ2) is 29.7. The minimum atomic E-state index is -0.724. The summed E-state index contributed by atoms with van der Waals surface area (Å²) in [7, 11) is 0. The Morgan fingerprint density at radius 3 is 1.89 bits per heavy atom. The van der Waals surface area contributed by atoms with Gasteiger partial charge in [-0.3, -0.25) is 19.7 Å². The van der Waals surface area contributed by atoms with Gasteiger partial charge in [-0.1, -0.05) is 69.7 Å². The average Bonchev–Trinajstić information content (AvgIpc) is 4.02. The molecule has 9 rings (SSSR count). The van der Waals surface area contributed by atoms with Crippen LogP contribution in [0.3, 0.4) is 0 Å². The lowest BCUT2D eigenvalue weighted by Gasteiger charge is -2.31. The van der Waals surface area contributed by atoms with Crippen LogP contribution in [0.1, 0.15) is 129 Å². The molecule has 0 spiro atoms. The summed E-state index contributed by atoms with van der Waals surface area (Å²) in [4.78, 5) is 67.7. The number of pyridine rings is 1. The van der Waals surface area contributed by atoms with E-state index in [9.17, 15) is 19.2 Å². The number of hydrogen-bond donors (Lipinski definition) is 1. The number of rotatable bonds is 21. The molecule has 17 heteroatoms. The van der Waals surface area contributed by atoms with Crippen molar-refractivity contribution in [2.75, 3.05) is 82.5 Å². The van der Waals surface area contributed by atoms with Gasteiger partial charge in [0.05, 0.1) is 36.6 Å². The Bertz CT molecular complexity index is 3090. The Morgan fingerprint density at radius 1 is 0.683 bits per heavy atom. The van der Waals surface area contributed by atoms with Crippen LogP contribution in [0.4, 0.5) is 10.9 Å². The Kier molecular flexibility index (Phi) is 22.4. The van der Waals surface area contributed by atoms with Crippen molar-refractivity contribution in [2.24, 2.45) is 11.8 Å². The SMILES string of the molecule is CCOC(=O)CC1CCN(CCCOc2cccc(-c3ccc(N4CCc5cccc(C(=O)Nc6nc7ccccc7s6)c5C4)nc3C(=O)OC(C)(C)C)c2C)CC1.CCOC(=O)CC1CCN(CCCOc2cccc(Br)c2C)CC1. The van der Waals surface area contributed by atoms with Crippen molar-refractivity contribution in [3.63, 3.8) is 0 Å². The summed E-state index contributed by atoms with van der Waals surface area (Å²) in [6.07, 6.45) is 7.88. The molecule has 3 aliphatic heterocycles. The van der Waals surface area contributed by atoms with Gasteiger partial charge in [-0.15, -0.1) is 0 Å². The number of piperidine rings is 2. The van der Waals surface area contributed by atoms with Crippen molar-refractivity contribution in [1.82, 2.24) is 19.8 Å². The number of esters is 3. The number of para-hydroxylation sites is 1. The van der Waals surface area contributed by atoms with Crippen molar-refractivity contribution >= 4 is 72.2 Å². The topological polar surface area (TPSA) is 162 Å². The maximum absolute atomic E-state index is 13.9. The smallest absolute Gasteiger partial charge is 0.358 e. The summed E-state index contributed by atoms with van der Waals surface area (Å²) in [5, 5.41) is 3.58. The maximum Gasteiger partial charge on any atom is 0.358 e. The average molecular weight is 1200 g/mol. The lowest BCUT2D eigenvalue weighted by atomic mass is 9.93. The number of anilines is 2. The Hall–Kier alpha value is -6.40. The zero-order chi connectivity index (χ0) is 58.2. The molecule has 3 aliphatic rings. The number of aromatic nitrogens is 2. The third-order valence-electron chi connectivity index (χ3n) is 15.3. The van der Waals surface area contributed by atoms with E-state index in [1.807, 2.05) is 126 Å². The van der Waals surface area contributed by atoms with Crippen LogP contribution in [0.2, 0.25) is 0 Å². The first-order valence-electron chi connectivity index (χ1n) is 29.2. The van der Waals surface area contributed by atoms with Crippen LogP contribution in [-0.4, -0.2) is 121 Å². The zero-order valence-electron chi connectivity index (χ0n) is 48.9. The van der Waals surface area contributed by atoms with Crippen LogP contribution in [0.15, 0.2) is 95.5 Å². The predicted molar refractivity (Wildman–Crippen MR) is 328 cm³/mol. The Morgan fingerprint density at radius 2 is 1.28 bits per heavy atom. The molecular weight excluding hydrogens is 1120 g/mol. The second-order valence-corrected chi connectivity index (χ2v) is 24.3. The number of benzene rings is 4.